The maximum absolute atomic E-state index is 10.7. The standard InChI is InChI=1S/C11H20O4.Ca/c1-4-6-8(5-2)7(3)9(10(12)13)11(14)15;/h7-9H,4-6H2,1-3H3,(H,12,13)(H,14,15);/q;+2/p-2. The predicted octanol–water partition coefficient (Wildman–Crippen LogP) is -0.816. The van der Waals surface area contributed by atoms with Crippen molar-refractivity contribution in [3.05, 3.63) is 0 Å². The first kappa shape index (κ1) is 18.6. The zero-order valence-corrected chi connectivity index (χ0v) is 12.4. The summed E-state index contributed by atoms with van der Waals surface area (Å²) in [6.45, 7) is 5.56. The van der Waals surface area contributed by atoms with Gasteiger partial charge < -0.3 is 19.8 Å². The quantitative estimate of drug-likeness (QED) is 0.439. The first-order valence-corrected chi connectivity index (χ1v) is 5.37. The molecule has 4 nitrogen and oxygen atoms in total. The molecule has 0 radical (unpaired) electrons. The van der Waals surface area contributed by atoms with E-state index in [-0.39, 0.29) is 43.7 Å². The number of carboxylic acid groups (broad SMARTS) is 2. The summed E-state index contributed by atoms with van der Waals surface area (Å²) in [5, 5.41) is 21.4. The van der Waals surface area contributed by atoms with Gasteiger partial charge in [-0.25, -0.2) is 0 Å². The molecule has 0 fully saturated rings. The summed E-state index contributed by atoms with van der Waals surface area (Å²) in [7, 11) is 0. The van der Waals surface area contributed by atoms with E-state index in [9.17, 15) is 19.8 Å². The minimum atomic E-state index is -1.54. The molecule has 2 atom stereocenters. The Balaban J connectivity index is 0. The van der Waals surface area contributed by atoms with E-state index in [2.05, 4.69) is 0 Å². The Hall–Kier alpha value is 0.200. The van der Waals surface area contributed by atoms with Crippen LogP contribution in [0.25, 0.3) is 0 Å². The SMILES string of the molecule is CCCC(CC)C(C)C(C(=O)[O-])C(=O)[O-].[Ca+2]. The molecule has 0 spiro atoms. The summed E-state index contributed by atoms with van der Waals surface area (Å²) in [5.41, 5.74) is 0. The van der Waals surface area contributed by atoms with Gasteiger partial charge in [0.1, 0.15) is 0 Å². The molecule has 16 heavy (non-hydrogen) atoms. The molecule has 0 aliphatic heterocycles. The fourth-order valence-electron chi connectivity index (χ4n) is 2.01. The van der Waals surface area contributed by atoms with E-state index in [1.165, 1.54) is 0 Å². The second kappa shape index (κ2) is 9.25. The minimum Gasteiger partial charge on any atom is -0.549 e. The monoisotopic (exact) mass is 254 g/mol. The zero-order chi connectivity index (χ0) is 12.0. The minimum absolute atomic E-state index is 0. The van der Waals surface area contributed by atoms with Crippen LogP contribution in [0.15, 0.2) is 0 Å². The molecule has 88 valence electrons. The van der Waals surface area contributed by atoms with Crippen molar-refractivity contribution in [2.45, 2.75) is 40.0 Å². The molecule has 0 aromatic rings. The van der Waals surface area contributed by atoms with Gasteiger partial charge in [-0.3, -0.25) is 0 Å². The number of carbonyl (C=O) groups is 2. The molecule has 0 saturated carbocycles. The first-order chi connectivity index (χ1) is 6.95. The fraction of sp³-hybridized carbons (Fsp3) is 0.818. The third-order valence-corrected chi connectivity index (χ3v) is 2.96. The van der Waals surface area contributed by atoms with E-state index in [0.29, 0.717) is 0 Å². The number of hydrogen-bond donors (Lipinski definition) is 0. The normalized spacial score (nSPS) is 14.0. The van der Waals surface area contributed by atoms with Crippen LogP contribution in [0.4, 0.5) is 0 Å². The maximum Gasteiger partial charge on any atom is 2.00 e. The zero-order valence-electron chi connectivity index (χ0n) is 10.2. The van der Waals surface area contributed by atoms with E-state index in [1.807, 2.05) is 13.8 Å². The van der Waals surface area contributed by atoms with Gasteiger partial charge >= 0.3 is 37.7 Å². The van der Waals surface area contributed by atoms with Crippen LogP contribution in [0.2, 0.25) is 0 Å². The summed E-state index contributed by atoms with van der Waals surface area (Å²) in [6, 6.07) is 0. The van der Waals surface area contributed by atoms with Crippen molar-refractivity contribution in [1.29, 1.82) is 0 Å². The Kier molecular flexibility index (Phi) is 10.7. The molecule has 0 aromatic carbocycles. The van der Waals surface area contributed by atoms with Gasteiger partial charge in [-0.05, 0) is 11.8 Å². The number of aliphatic carboxylic acids is 2. The Morgan fingerprint density at radius 3 is 1.81 bits per heavy atom. The van der Waals surface area contributed by atoms with E-state index >= 15 is 0 Å². The van der Waals surface area contributed by atoms with Crippen molar-refractivity contribution < 1.29 is 19.8 Å². The Labute approximate surface area is 126 Å². The van der Waals surface area contributed by atoms with Crippen LogP contribution in [-0.4, -0.2) is 49.7 Å². The third-order valence-electron chi connectivity index (χ3n) is 2.96. The molecule has 0 heterocycles. The van der Waals surface area contributed by atoms with Crippen LogP contribution in [-0.2, 0) is 9.59 Å². The molecule has 5 heteroatoms. The van der Waals surface area contributed by atoms with Gasteiger partial charge in [-0.15, -0.1) is 0 Å². The van der Waals surface area contributed by atoms with Crippen molar-refractivity contribution in [3.63, 3.8) is 0 Å². The van der Waals surface area contributed by atoms with Gasteiger partial charge in [0.15, 0.2) is 0 Å². The summed E-state index contributed by atoms with van der Waals surface area (Å²) in [5.74, 6) is -4.93. The van der Waals surface area contributed by atoms with E-state index in [0.717, 1.165) is 19.3 Å². The van der Waals surface area contributed by atoms with Gasteiger partial charge in [0.05, 0.1) is 11.9 Å². The van der Waals surface area contributed by atoms with Crippen LogP contribution in [0, 0.1) is 17.8 Å². The Morgan fingerprint density at radius 2 is 1.56 bits per heavy atom. The molecule has 0 aliphatic rings. The van der Waals surface area contributed by atoms with Gasteiger partial charge in [0.2, 0.25) is 0 Å². The van der Waals surface area contributed by atoms with Crippen LogP contribution < -0.4 is 10.2 Å². The van der Waals surface area contributed by atoms with Crippen molar-refractivity contribution in [2.24, 2.45) is 17.8 Å². The van der Waals surface area contributed by atoms with E-state index in [4.69, 9.17) is 0 Å². The van der Waals surface area contributed by atoms with Crippen molar-refractivity contribution in [2.75, 3.05) is 0 Å². The average molecular weight is 254 g/mol. The second-order valence-corrected chi connectivity index (χ2v) is 3.93. The summed E-state index contributed by atoms with van der Waals surface area (Å²) in [4.78, 5) is 21.4. The summed E-state index contributed by atoms with van der Waals surface area (Å²) in [6.07, 6.45) is 2.51. The molecule has 0 saturated heterocycles. The van der Waals surface area contributed by atoms with Gasteiger partial charge in [0.25, 0.3) is 0 Å². The second-order valence-electron chi connectivity index (χ2n) is 3.93. The first-order valence-electron chi connectivity index (χ1n) is 5.37. The van der Waals surface area contributed by atoms with Crippen LogP contribution in [0.1, 0.15) is 40.0 Å². The van der Waals surface area contributed by atoms with Gasteiger partial charge in [-0.2, -0.15) is 0 Å². The van der Waals surface area contributed by atoms with E-state index in [1.54, 1.807) is 6.92 Å². The Morgan fingerprint density at radius 1 is 1.12 bits per heavy atom. The molecule has 0 rings (SSSR count). The Bertz CT molecular complexity index is 216. The molecular formula is C11H18CaO4. The van der Waals surface area contributed by atoms with E-state index < -0.39 is 23.8 Å². The maximum atomic E-state index is 10.7. The molecule has 0 aliphatic carbocycles. The molecular weight excluding hydrogens is 236 g/mol. The number of carboxylic acids is 2. The van der Waals surface area contributed by atoms with Gasteiger partial charge in [0, 0.05) is 5.92 Å². The number of rotatable bonds is 7. The topological polar surface area (TPSA) is 80.3 Å². The van der Waals surface area contributed by atoms with Crippen LogP contribution in [0.3, 0.4) is 0 Å². The smallest absolute Gasteiger partial charge is 0.549 e. The molecule has 0 amide bonds. The largest absolute Gasteiger partial charge is 2.00 e. The number of hydrogen-bond acceptors (Lipinski definition) is 4. The average Bonchev–Trinajstić information content (AvgIpc) is 2.12. The predicted molar refractivity (Wildman–Crippen MR) is 57.1 cm³/mol. The van der Waals surface area contributed by atoms with Crippen molar-refractivity contribution in [3.8, 4) is 0 Å². The van der Waals surface area contributed by atoms with Crippen LogP contribution in [0.5, 0.6) is 0 Å². The molecule has 2 unspecified atom stereocenters. The van der Waals surface area contributed by atoms with Crippen LogP contribution >= 0.6 is 0 Å². The molecule has 0 bridgehead atoms. The summed E-state index contributed by atoms with van der Waals surface area (Å²) >= 11 is 0. The molecule has 0 N–H and O–H groups in total. The summed E-state index contributed by atoms with van der Waals surface area (Å²) < 4.78 is 0. The van der Waals surface area contributed by atoms with Crippen molar-refractivity contribution in [1.82, 2.24) is 0 Å². The number of carbonyl (C=O) groups excluding carboxylic acids is 2. The fourth-order valence-corrected chi connectivity index (χ4v) is 2.01. The van der Waals surface area contributed by atoms with Crippen molar-refractivity contribution >= 4 is 49.7 Å². The van der Waals surface area contributed by atoms with Gasteiger partial charge in [-0.1, -0.05) is 40.0 Å². The third kappa shape index (κ3) is 5.50. The molecule has 0 aromatic heterocycles.